The maximum Gasteiger partial charge on any atom is 0.244 e. The van der Waals surface area contributed by atoms with Crippen molar-refractivity contribution in [3.05, 3.63) is 28.8 Å². The Morgan fingerprint density at radius 2 is 1.96 bits per heavy atom. The molecular formula is C20H29ClN2O2. The predicted octanol–water partition coefficient (Wildman–Crippen LogP) is 4.80. The van der Waals surface area contributed by atoms with Crippen LogP contribution in [0.4, 0.5) is 5.69 Å². The lowest BCUT2D eigenvalue weighted by Crippen LogP contribution is -2.38. The summed E-state index contributed by atoms with van der Waals surface area (Å²) in [4.78, 5) is 26.4. The van der Waals surface area contributed by atoms with Crippen molar-refractivity contribution < 1.29 is 9.59 Å². The van der Waals surface area contributed by atoms with Crippen LogP contribution in [0, 0.1) is 12.8 Å². The van der Waals surface area contributed by atoms with Crippen LogP contribution < -0.4 is 5.32 Å². The second-order valence-corrected chi connectivity index (χ2v) is 7.39. The fraction of sp³-hybridized carbons (Fsp3) is 0.600. The first-order chi connectivity index (χ1) is 12.0. The first kappa shape index (κ1) is 19.8. The van der Waals surface area contributed by atoms with E-state index in [9.17, 15) is 9.59 Å². The number of benzene rings is 1. The van der Waals surface area contributed by atoms with Gasteiger partial charge >= 0.3 is 0 Å². The minimum atomic E-state index is -0.182. The van der Waals surface area contributed by atoms with Crippen LogP contribution >= 0.6 is 11.6 Å². The summed E-state index contributed by atoms with van der Waals surface area (Å²) in [6.45, 7) is 4.46. The van der Waals surface area contributed by atoms with Crippen LogP contribution in [0.2, 0.25) is 5.02 Å². The number of nitrogens with zero attached hydrogens (tertiary/aromatic N) is 1. The first-order valence-corrected chi connectivity index (χ1v) is 9.71. The minimum absolute atomic E-state index is 0.0750. The van der Waals surface area contributed by atoms with Gasteiger partial charge in [-0.25, -0.2) is 0 Å². The number of amides is 2. The molecule has 0 aliphatic heterocycles. The van der Waals surface area contributed by atoms with Crippen molar-refractivity contribution in [3.8, 4) is 0 Å². The largest absolute Gasteiger partial charge is 0.334 e. The number of aryl methyl sites for hydroxylation is 1. The summed E-state index contributed by atoms with van der Waals surface area (Å²) in [6.07, 6.45) is 7.89. The molecular weight excluding hydrogens is 336 g/mol. The lowest BCUT2D eigenvalue weighted by molar-refractivity contribution is -0.134. The van der Waals surface area contributed by atoms with E-state index in [0.717, 1.165) is 12.0 Å². The Kier molecular flexibility index (Phi) is 7.76. The monoisotopic (exact) mass is 364 g/mol. The molecule has 1 saturated carbocycles. The molecule has 1 aromatic carbocycles. The standard InChI is InChI=1S/C20H29ClN2O2/c1-3-23(20(25)12-10-16-7-5-4-6-8-16)14-19(24)22-18-13-17(21)11-9-15(18)2/h9,11,13,16H,3-8,10,12,14H2,1-2H3,(H,22,24). The molecule has 1 fully saturated rings. The van der Waals surface area contributed by atoms with Crippen molar-refractivity contribution >= 4 is 29.1 Å². The summed E-state index contributed by atoms with van der Waals surface area (Å²) < 4.78 is 0. The van der Waals surface area contributed by atoms with Crippen molar-refractivity contribution in [1.82, 2.24) is 4.90 Å². The van der Waals surface area contributed by atoms with Gasteiger partial charge in [-0.05, 0) is 43.9 Å². The van der Waals surface area contributed by atoms with Gasteiger partial charge in [-0.15, -0.1) is 0 Å². The molecule has 0 unspecified atom stereocenters. The smallest absolute Gasteiger partial charge is 0.244 e. The number of hydrogen-bond donors (Lipinski definition) is 1. The molecule has 0 heterocycles. The lowest BCUT2D eigenvalue weighted by Gasteiger charge is -2.24. The molecule has 0 aromatic heterocycles. The molecule has 1 aromatic rings. The highest BCUT2D eigenvalue weighted by atomic mass is 35.5. The van der Waals surface area contributed by atoms with Crippen molar-refractivity contribution in [2.75, 3.05) is 18.4 Å². The van der Waals surface area contributed by atoms with Crippen molar-refractivity contribution in [3.63, 3.8) is 0 Å². The SMILES string of the molecule is CCN(CC(=O)Nc1cc(Cl)ccc1C)C(=O)CCC1CCCCC1. The number of nitrogens with one attached hydrogen (secondary N) is 1. The zero-order valence-corrected chi connectivity index (χ0v) is 16.1. The topological polar surface area (TPSA) is 49.4 Å². The first-order valence-electron chi connectivity index (χ1n) is 9.33. The van der Waals surface area contributed by atoms with Gasteiger partial charge in [0.25, 0.3) is 0 Å². The minimum Gasteiger partial charge on any atom is -0.334 e. The number of hydrogen-bond acceptors (Lipinski definition) is 2. The molecule has 1 aliphatic carbocycles. The van der Waals surface area contributed by atoms with Crippen LogP contribution in [0.3, 0.4) is 0 Å². The van der Waals surface area contributed by atoms with E-state index >= 15 is 0 Å². The van der Waals surface area contributed by atoms with Gasteiger partial charge in [0.05, 0.1) is 6.54 Å². The molecule has 138 valence electrons. The Morgan fingerprint density at radius 3 is 2.64 bits per heavy atom. The van der Waals surface area contributed by atoms with E-state index in [1.807, 2.05) is 19.9 Å². The molecule has 1 aliphatic rings. The Balaban J connectivity index is 1.83. The van der Waals surface area contributed by atoms with Crippen molar-refractivity contribution in [1.29, 1.82) is 0 Å². The summed E-state index contributed by atoms with van der Waals surface area (Å²) in [5, 5.41) is 3.44. The summed E-state index contributed by atoms with van der Waals surface area (Å²) in [7, 11) is 0. The highest BCUT2D eigenvalue weighted by molar-refractivity contribution is 6.31. The Bertz CT molecular complexity index is 597. The van der Waals surface area contributed by atoms with E-state index in [2.05, 4.69) is 5.32 Å². The Labute approximate surface area is 155 Å². The van der Waals surface area contributed by atoms with E-state index in [4.69, 9.17) is 11.6 Å². The van der Waals surface area contributed by atoms with Crippen LogP contribution in [-0.2, 0) is 9.59 Å². The molecule has 0 bridgehead atoms. The molecule has 1 N–H and O–H groups in total. The fourth-order valence-corrected chi connectivity index (χ4v) is 3.60. The van der Waals surface area contributed by atoms with Gasteiger partial charge in [0.15, 0.2) is 0 Å². The summed E-state index contributed by atoms with van der Waals surface area (Å²) >= 11 is 5.98. The molecule has 0 spiro atoms. The molecule has 25 heavy (non-hydrogen) atoms. The zero-order valence-electron chi connectivity index (χ0n) is 15.3. The third-order valence-electron chi connectivity index (χ3n) is 5.03. The van der Waals surface area contributed by atoms with Gasteiger partial charge in [0.2, 0.25) is 11.8 Å². The number of likely N-dealkylation sites (N-methyl/N-ethyl adjacent to an activating group) is 1. The van der Waals surface area contributed by atoms with Crippen LogP contribution in [-0.4, -0.2) is 29.8 Å². The van der Waals surface area contributed by atoms with Gasteiger partial charge in [0.1, 0.15) is 0 Å². The van der Waals surface area contributed by atoms with Crippen molar-refractivity contribution in [2.45, 2.75) is 58.8 Å². The summed E-state index contributed by atoms with van der Waals surface area (Å²) in [5.74, 6) is 0.573. The maximum atomic E-state index is 12.5. The van der Waals surface area contributed by atoms with Crippen molar-refractivity contribution in [2.24, 2.45) is 5.92 Å². The number of anilines is 1. The van der Waals surface area contributed by atoms with Gasteiger partial charge in [-0.2, -0.15) is 0 Å². The van der Waals surface area contributed by atoms with E-state index in [1.54, 1.807) is 17.0 Å². The maximum absolute atomic E-state index is 12.5. The molecule has 5 heteroatoms. The summed E-state index contributed by atoms with van der Waals surface area (Å²) in [5.41, 5.74) is 1.65. The molecule has 0 radical (unpaired) electrons. The third-order valence-corrected chi connectivity index (χ3v) is 5.27. The van der Waals surface area contributed by atoms with Gasteiger partial charge in [-0.1, -0.05) is 49.8 Å². The molecule has 2 rings (SSSR count). The van der Waals surface area contributed by atoms with Gasteiger partial charge in [-0.3, -0.25) is 9.59 Å². The zero-order chi connectivity index (χ0) is 18.2. The van der Waals surface area contributed by atoms with Crippen LogP contribution in [0.25, 0.3) is 0 Å². The Morgan fingerprint density at radius 1 is 1.24 bits per heavy atom. The van der Waals surface area contributed by atoms with Crippen LogP contribution in [0.1, 0.15) is 57.4 Å². The quantitative estimate of drug-likeness (QED) is 0.755. The highest BCUT2D eigenvalue weighted by Gasteiger charge is 2.19. The predicted molar refractivity (Wildman–Crippen MR) is 103 cm³/mol. The molecule has 4 nitrogen and oxygen atoms in total. The number of rotatable bonds is 7. The van der Waals surface area contributed by atoms with E-state index < -0.39 is 0 Å². The average molecular weight is 365 g/mol. The van der Waals surface area contributed by atoms with Gasteiger partial charge < -0.3 is 10.2 Å². The van der Waals surface area contributed by atoms with E-state index in [0.29, 0.717) is 29.6 Å². The number of halogens is 1. The van der Waals surface area contributed by atoms with E-state index in [1.165, 1.54) is 32.1 Å². The second kappa shape index (κ2) is 9.81. The number of carbonyl (C=O) groups excluding carboxylic acids is 2. The van der Waals surface area contributed by atoms with Crippen LogP contribution in [0.15, 0.2) is 18.2 Å². The molecule has 2 amide bonds. The molecule has 0 atom stereocenters. The number of carbonyl (C=O) groups is 2. The lowest BCUT2D eigenvalue weighted by atomic mass is 9.86. The molecule has 0 saturated heterocycles. The normalized spacial score (nSPS) is 15.0. The fourth-order valence-electron chi connectivity index (χ4n) is 3.43. The van der Waals surface area contributed by atoms with Crippen LogP contribution in [0.5, 0.6) is 0 Å². The highest BCUT2D eigenvalue weighted by Crippen LogP contribution is 2.27. The van der Waals surface area contributed by atoms with E-state index in [-0.39, 0.29) is 18.4 Å². The second-order valence-electron chi connectivity index (χ2n) is 6.96. The summed E-state index contributed by atoms with van der Waals surface area (Å²) in [6, 6.07) is 5.39. The Hall–Kier alpha value is -1.55. The third kappa shape index (κ3) is 6.35. The average Bonchev–Trinajstić information content (AvgIpc) is 2.61. The van der Waals surface area contributed by atoms with Gasteiger partial charge in [0, 0.05) is 23.7 Å².